The summed E-state index contributed by atoms with van der Waals surface area (Å²) in [6.45, 7) is 4.43. The van der Waals surface area contributed by atoms with Crippen molar-refractivity contribution in [3.8, 4) is 0 Å². The van der Waals surface area contributed by atoms with Gasteiger partial charge in [-0.3, -0.25) is 11.3 Å². The first-order valence-electron chi connectivity index (χ1n) is 7.90. The maximum absolute atomic E-state index is 5.89. The molecule has 0 saturated carbocycles. The Bertz CT molecular complexity index is 536. The molecular weight excluding hydrogens is 256 g/mol. The number of hydrogen-bond acceptors (Lipinski definition) is 2. The molecule has 0 amide bonds. The molecule has 2 aromatic carbocycles. The summed E-state index contributed by atoms with van der Waals surface area (Å²) in [6.07, 6.45) is 3.34. The highest BCUT2D eigenvalue weighted by atomic mass is 15.2. The third kappa shape index (κ3) is 3.93. The monoisotopic (exact) mass is 282 g/mol. The Kier molecular flexibility index (Phi) is 5.97. The quantitative estimate of drug-likeness (QED) is 0.585. The highest BCUT2D eigenvalue weighted by molar-refractivity contribution is 5.31. The zero-order valence-corrected chi connectivity index (χ0v) is 13.0. The predicted molar refractivity (Wildman–Crippen MR) is 90.0 cm³/mol. The largest absolute Gasteiger partial charge is 0.271 e. The highest BCUT2D eigenvalue weighted by Gasteiger charge is 2.22. The Hall–Kier alpha value is -1.64. The van der Waals surface area contributed by atoms with E-state index < -0.39 is 0 Å². The maximum Gasteiger partial charge on any atom is 0.0528 e. The molecule has 0 aliphatic heterocycles. The van der Waals surface area contributed by atoms with E-state index in [1.54, 1.807) is 0 Å². The summed E-state index contributed by atoms with van der Waals surface area (Å²) in [4.78, 5) is 0. The summed E-state index contributed by atoms with van der Waals surface area (Å²) in [7, 11) is 0. The second-order valence-corrected chi connectivity index (χ2v) is 5.56. The van der Waals surface area contributed by atoms with E-state index in [1.807, 2.05) is 0 Å². The van der Waals surface area contributed by atoms with Crippen LogP contribution in [0.15, 0.2) is 54.6 Å². The van der Waals surface area contributed by atoms with Crippen LogP contribution in [0.4, 0.5) is 0 Å². The molecule has 21 heavy (non-hydrogen) atoms. The topological polar surface area (TPSA) is 38.0 Å². The average molecular weight is 282 g/mol. The molecule has 0 saturated heterocycles. The highest BCUT2D eigenvalue weighted by Crippen LogP contribution is 2.33. The van der Waals surface area contributed by atoms with Crippen molar-refractivity contribution in [1.29, 1.82) is 0 Å². The first-order valence-corrected chi connectivity index (χ1v) is 7.90. The van der Waals surface area contributed by atoms with Gasteiger partial charge < -0.3 is 0 Å². The standard InChI is InChI=1S/C19H26N2/c1-3-9-15-10-8-13-17(14-15)19(21-20)18(4-2)16-11-6-5-7-12-16/h5-8,10-14,18-19,21H,3-4,9,20H2,1-2H3. The van der Waals surface area contributed by atoms with Crippen molar-refractivity contribution < 1.29 is 0 Å². The number of aryl methyl sites for hydroxylation is 1. The van der Waals surface area contributed by atoms with Crippen LogP contribution in [0, 0.1) is 0 Å². The van der Waals surface area contributed by atoms with Gasteiger partial charge in [0.2, 0.25) is 0 Å². The summed E-state index contributed by atoms with van der Waals surface area (Å²) in [6, 6.07) is 19.6. The van der Waals surface area contributed by atoms with Crippen molar-refractivity contribution >= 4 is 0 Å². The molecule has 0 radical (unpaired) electrons. The van der Waals surface area contributed by atoms with Crippen LogP contribution < -0.4 is 11.3 Å². The van der Waals surface area contributed by atoms with Gasteiger partial charge in [0.05, 0.1) is 6.04 Å². The van der Waals surface area contributed by atoms with Crippen molar-refractivity contribution in [3.63, 3.8) is 0 Å². The molecular formula is C19H26N2. The third-order valence-electron chi connectivity index (χ3n) is 4.10. The molecule has 0 fully saturated rings. The van der Waals surface area contributed by atoms with Crippen molar-refractivity contribution in [2.24, 2.45) is 5.84 Å². The second kappa shape index (κ2) is 7.96. The van der Waals surface area contributed by atoms with Gasteiger partial charge in [0.25, 0.3) is 0 Å². The minimum absolute atomic E-state index is 0.147. The van der Waals surface area contributed by atoms with Crippen LogP contribution in [0.5, 0.6) is 0 Å². The second-order valence-electron chi connectivity index (χ2n) is 5.56. The van der Waals surface area contributed by atoms with Crippen molar-refractivity contribution in [1.82, 2.24) is 5.43 Å². The first-order chi connectivity index (χ1) is 10.3. The molecule has 0 spiro atoms. The van der Waals surface area contributed by atoms with E-state index in [9.17, 15) is 0 Å². The molecule has 112 valence electrons. The number of nitrogens with one attached hydrogen (secondary N) is 1. The SMILES string of the molecule is CCCc1cccc(C(NN)C(CC)c2ccccc2)c1. The molecule has 2 aromatic rings. The molecule has 2 rings (SSSR count). The van der Waals surface area contributed by atoms with Crippen LogP contribution in [0.3, 0.4) is 0 Å². The van der Waals surface area contributed by atoms with Crippen LogP contribution >= 0.6 is 0 Å². The Balaban J connectivity index is 2.31. The van der Waals surface area contributed by atoms with E-state index in [1.165, 1.54) is 23.1 Å². The summed E-state index contributed by atoms with van der Waals surface area (Å²) in [5.41, 5.74) is 7.04. The molecule has 0 bridgehead atoms. The Morgan fingerprint density at radius 2 is 1.67 bits per heavy atom. The zero-order chi connectivity index (χ0) is 15.1. The average Bonchev–Trinajstić information content (AvgIpc) is 2.54. The van der Waals surface area contributed by atoms with Gasteiger partial charge in [-0.1, -0.05) is 74.9 Å². The van der Waals surface area contributed by atoms with Gasteiger partial charge in [-0.2, -0.15) is 0 Å². The molecule has 0 aliphatic rings. The van der Waals surface area contributed by atoms with Crippen LogP contribution in [-0.4, -0.2) is 0 Å². The van der Waals surface area contributed by atoms with Gasteiger partial charge in [-0.05, 0) is 29.5 Å². The van der Waals surface area contributed by atoms with E-state index in [4.69, 9.17) is 5.84 Å². The minimum Gasteiger partial charge on any atom is -0.271 e. The van der Waals surface area contributed by atoms with Gasteiger partial charge in [-0.25, -0.2) is 0 Å². The van der Waals surface area contributed by atoms with E-state index in [2.05, 4.69) is 73.9 Å². The van der Waals surface area contributed by atoms with Crippen molar-refractivity contribution in [2.45, 2.75) is 45.1 Å². The van der Waals surface area contributed by atoms with Gasteiger partial charge in [0, 0.05) is 5.92 Å². The predicted octanol–water partition coefficient (Wildman–Crippen LogP) is 4.34. The number of rotatable bonds is 7. The zero-order valence-electron chi connectivity index (χ0n) is 13.0. The molecule has 2 nitrogen and oxygen atoms in total. The van der Waals surface area contributed by atoms with Gasteiger partial charge in [-0.15, -0.1) is 0 Å². The molecule has 0 aliphatic carbocycles. The number of benzene rings is 2. The van der Waals surface area contributed by atoms with Crippen LogP contribution in [0.1, 0.15) is 55.3 Å². The lowest BCUT2D eigenvalue weighted by atomic mass is 9.85. The summed E-state index contributed by atoms with van der Waals surface area (Å²) >= 11 is 0. The number of hydrazine groups is 1. The van der Waals surface area contributed by atoms with Crippen molar-refractivity contribution in [3.05, 3.63) is 71.3 Å². The van der Waals surface area contributed by atoms with Gasteiger partial charge >= 0.3 is 0 Å². The fraction of sp³-hybridized carbons (Fsp3) is 0.368. The minimum atomic E-state index is 0.147. The fourth-order valence-electron chi connectivity index (χ4n) is 3.04. The van der Waals surface area contributed by atoms with E-state index in [0.29, 0.717) is 5.92 Å². The molecule has 3 N–H and O–H groups in total. The molecule has 2 unspecified atom stereocenters. The summed E-state index contributed by atoms with van der Waals surface area (Å²) < 4.78 is 0. The lowest BCUT2D eigenvalue weighted by Crippen LogP contribution is -2.32. The van der Waals surface area contributed by atoms with E-state index in [-0.39, 0.29) is 6.04 Å². The lowest BCUT2D eigenvalue weighted by molar-refractivity contribution is 0.445. The number of hydrogen-bond donors (Lipinski definition) is 2. The maximum atomic E-state index is 5.89. The van der Waals surface area contributed by atoms with E-state index in [0.717, 1.165) is 12.8 Å². The van der Waals surface area contributed by atoms with Crippen LogP contribution in [0.25, 0.3) is 0 Å². The van der Waals surface area contributed by atoms with Crippen LogP contribution in [0.2, 0.25) is 0 Å². The smallest absolute Gasteiger partial charge is 0.0528 e. The lowest BCUT2D eigenvalue weighted by Gasteiger charge is -2.27. The molecule has 2 heteroatoms. The van der Waals surface area contributed by atoms with Crippen LogP contribution in [-0.2, 0) is 6.42 Å². The van der Waals surface area contributed by atoms with Gasteiger partial charge in [0.1, 0.15) is 0 Å². The fourth-order valence-corrected chi connectivity index (χ4v) is 3.04. The molecule has 0 aromatic heterocycles. The summed E-state index contributed by atoms with van der Waals surface area (Å²) in [5.74, 6) is 6.28. The normalized spacial score (nSPS) is 13.9. The third-order valence-corrected chi connectivity index (χ3v) is 4.10. The van der Waals surface area contributed by atoms with Gasteiger partial charge in [0.15, 0.2) is 0 Å². The van der Waals surface area contributed by atoms with Crippen molar-refractivity contribution in [2.75, 3.05) is 0 Å². The summed E-state index contributed by atoms with van der Waals surface area (Å²) in [5, 5.41) is 0. The number of nitrogens with two attached hydrogens (primary N) is 1. The Morgan fingerprint density at radius 1 is 0.952 bits per heavy atom. The Labute approximate surface area is 128 Å². The first kappa shape index (κ1) is 15.7. The Morgan fingerprint density at radius 3 is 2.29 bits per heavy atom. The molecule has 0 heterocycles. The molecule has 2 atom stereocenters. The van der Waals surface area contributed by atoms with E-state index >= 15 is 0 Å².